The van der Waals surface area contributed by atoms with E-state index in [0.29, 0.717) is 0 Å². The predicted molar refractivity (Wildman–Crippen MR) is 341 cm³/mol. The van der Waals surface area contributed by atoms with Crippen molar-refractivity contribution in [3.05, 3.63) is 262 Å². The van der Waals surface area contributed by atoms with Gasteiger partial charge in [-0.3, -0.25) is 0 Å². The van der Waals surface area contributed by atoms with Gasteiger partial charge in [-0.05, 0) is 133 Å². The van der Waals surface area contributed by atoms with E-state index in [1.807, 2.05) is 13.8 Å². The second-order valence-electron chi connectivity index (χ2n) is 23.7. The molecule has 0 saturated heterocycles. The number of rotatable bonds is 2. The lowest BCUT2D eigenvalue weighted by atomic mass is 9.72. The Morgan fingerprint density at radius 2 is 0.787 bits per heavy atom. The molecule has 0 saturated carbocycles. The topological polar surface area (TPSA) is 26.3 Å². The zero-order chi connectivity index (χ0) is 55.4. The van der Waals surface area contributed by atoms with Crippen LogP contribution >= 0.6 is 0 Å². The minimum absolute atomic E-state index is 0.0767. The van der Waals surface area contributed by atoms with Gasteiger partial charge in [-0.1, -0.05) is 261 Å². The van der Waals surface area contributed by atoms with Gasteiger partial charge in [0.15, 0.2) is 0 Å². The van der Waals surface area contributed by atoms with E-state index in [0.717, 1.165) is 27.9 Å². The van der Waals surface area contributed by atoms with E-state index in [-0.39, 0.29) is 16.2 Å². The van der Waals surface area contributed by atoms with E-state index < -0.39 is 0 Å². The third kappa shape index (κ3) is 7.66. The van der Waals surface area contributed by atoms with E-state index in [2.05, 4.69) is 275 Å². The number of hydrogen-bond acceptors (Lipinski definition) is 2. The Kier molecular flexibility index (Phi) is 12.0. The van der Waals surface area contributed by atoms with Crippen molar-refractivity contribution in [1.29, 1.82) is 0 Å². The molecule has 0 bridgehead atoms. The first kappa shape index (κ1) is 50.8. The van der Waals surface area contributed by atoms with E-state index in [4.69, 9.17) is 8.83 Å². The highest BCUT2D eigenvalue weighted by molar-refractivity contribution is 6.21. The standard InChI is InChI=1S/C34H26O.C31H26O.C11H10.C2H6/c1-21-13-18-25-28(19-21)34(2,3)29-20-27(24-16-14-23(15-17-24)22-9-5-4-6-10-22)33-32(31(25)29)26-11-7-8-12-30(26)35-33;1-17-14-15-19-22(16-17)31(4,5)27-24(19)25-20-11-7-9-13-23(20)32-29(25)26-18-10-6-8-12-21(18)30(2,3)28(26)27;1-9-5-4-7-10-6-2-3-8-11(9)10;1-2/h4-20H,1-3H3;6-16H,1-5H3;2-8H,1H3;1-2H3. The zero-order valence-corrected chi connectivity index (χ0v) is 48.0. The highest BCUT2D eigenvalue weighted by atomic mass is 16.3. The minimum atomic E-state index is -0.0858. The van der Waals surface area contributed by atoms with E-state index in [1.54, 1.807) is 0 Å². The van der Waals surface area contributed by atoms with Crippen molar-refractivity contribution in [1.82, 2.24) is 0 Å². The molecule has 0 atom stereocenters. The van der Waals surface area contributed by atoms with Crippen LogP contribution in [0.3, 0.4) is 0 Å². The van der Waals surface area contributed by atoms with Crippen LogP contribution in [0.5, 0.6) is 0 Å². The Labute approximate surface area is 471 Å². The van der Waals surface area contributed by atoms with Crippen molar-refractivity contribution >= 4 is 54.6 Å². The van der Waals surface area contributed by atoms with Crippen LogP contribution in [0, 0.1) is 20.8 Å². The van der Waals surface area contributed by atoms with Crippen molar-refractivity contribution < 1.29 is 8.83 Å². The molecule has 0 aliphatic heterocycles. The summed E-state index contributed by atoms with van der Waals surface area (Å²) in [5.74, 6) is 0. The third-order valence-corrected chi connectivity index (χ3v) is 17.8. The van der Waals surface area contributed by atoms with Crippen molar-refractivity contribution in [2.45, 2.75) is 92.4 Å². The van der Waals surface area contributed by atoms with Crippen LogP contribution in [0.1, 0.15) is 105 Å². The van der Waals surface area contributed by atoms with Crippen molar-refractivity contribution in [2.75, 3.05) is 0 Å². The Balaban J connectivity index is 0.000000124. The lowest BCUT2D eigenvalue weighted by Crippen LogP contribution is -2.24. The second kappa shape index (κ2) is 19.0. The fraction of sp³-hybridized carbons (Fsp3) is 0.179. The maximum absolute atomic E-state index is 6.68. The van der Waals surface area contributed by atoms with Crippen LogP contribution in [0.15, 0.2) is 221 Å². The van der Waals surface area contributed by atoms with Crippen molar-refractivity contribution in [2.24, 2.45) is 0 Å². The predicted octanol–water partition coefficient (Wildman–Crippen LogP) is 22.2. The molecule has 2 aromatic heterocycles. The molecule has 2 heteroatoms. The molecule has 0 radical (unpaired) electrons. The number of fused-ring (bicyclic) bond motifs is 20. The molecule has 2 nitrogen and oxygen atoms in total. The zero-order valence-electron chi connectivity index (χ0n) is 48.0. The summed E-state index contributed by atoms with van der Waals surface area (Å²) < 4.78 is 13.3. The minimum Gasteiger partial charge on any atom is -0.455 e. The second-order valence-corrected chi connectivity index (χ2v) is 23.7. The smallest absolute Gasteiger partial charge is 0.144 e. The SMILES string of the molecule is CC.Cc1ccc2c(c1)C(C)(C)c1c3c(c4oc5ccccc5c4c1-2)-c1ccccc1C3(C)C.Cc1ccc2c(c1)C(C)(C)c1cc(-c3ccc(-c4ccccc4)cc3)c3oc4ccccc4c3c1-2.Cc1cccc2ccccc12. The lowest BCUT2D eigenvalue weighted by Gasteiger charge is -2.31. The highest BCUT2D eigenvalue weighted by Crippen LogP contribution is 2.63. The van der Waals surface area contributed by atoms with Gasteiger partial charge in [0.25, 0.3) is 0 Å². The third-order valence-electron chi connectivity index (χ3n) is 17.8. The van der Waals surface area contributed by atoms with Crippen molar-refractivity contribution in [3.63, 3.8) is 0 Å². The number of aryl methyl sites for hydroxylation is 3. The average molecular weight is 1040 g/mol. The maximum atomic E-state index is 6.68. The van der Waals surface area contributed by atoms with Gasteiger partial charge in [0.05, 0.1) is 0 Å². The van der Waals surface area contributed by atoms with Gasteiger partial charge < -0.3 is 8.83 Å². The molecule has 16 rings (SSSR count). The van der Waals surface area contributed by atoms with Gasteiger partial charge in [-0.15, -0.1) is 0 Å². The van der Waals surface area contributed by atoms with Gasteiger partial charge in [0.2, 0.25) is 0 Å². The Morgan fingerprint density at radius 3 is 1.45 bits per heavy atom. The maximum Gasteiger partial charge on any atom is 0.144 e. The van der Waals surface area contributed by atoms with Gasteiger partial charge in [-0.2, -0.15) is 0 Å². The van der Waals surface area contributed by atoms with Gasteiger partial charge in [0, 0.05) is 48.9 Å². The summed E-state index contributed by atoms with van der Waals surface area (Å²) in [7, 11) is 0. The lowest BCUT2D eigenvalue weighted by molar-refractivity contribution is 0.600. The summed E-state index contributed by atoms with van der Waals surface area (Å²) >= 11 is 0. The van der Waals surface area contributed by atoms with Gasteiger partial charge >= 0.3 is 0 Å². The van der Waals surface area contributed by atoms with Crippen LogP contribution in [-0.4, -0.2) is 0 Å². The van der Waals surface area contributed by atoms with Crippen LogP contribution in [-0.2, 0) is 16.2 Å². The van der Waals surface area contributed by atoms with Crippen LogP contribution < -0.4 is 0 Å². The Morgan fingerprint density at radius 1 is 0.312 bits per heavy atom. The number of hydrogen-bond donors (Lipinski definition) is 0. The molecule has 13 aromatic rings. The van der Waals surface area contributed by atoms with Crippen LogP contribution in [0.4, 0.5) is 0 Å². The molecule has 0 N–H and O–H groups in total. The van der Waals surface area contributed by atoms with E-state index >= 15 is 0 Å². The van der Waals surface area contributed by atoms with E-state index in [9.17, 15) is 0 Å². The molecular formula is C78H68O2. The Hall–Kier alpha value is -8.72. The van der Waals surface area contributed by atoms with Crippen molar-refractivity contribution in [3.8, 4) is 55.6 Å². The number of benzene rings is 11. The van der Waals surface area contributed by atoms with E-state index in [1.165, 1.54) is 132 Å². The van der Waals surface area contributed by atoms with Gasteiger partial charge in [-0.25, -0.2) is 0 Å². The molecule has 11 aromatic carbocycles. The Bertz CT molecular complexity index is 4590. The monoisotopic (exact) mass is 1040 g/mol. The quantitative estimate of drug-likeness (QED) is 0.172. The normalized spacial score (nSPS) is 14.2. The molecule has 0 spiro atoms. The molecule has 3 aliphatic rings. The number of furan rings is 2. The summed E-state index contributed by atoms with van der Waals surface area (Å²) in [6.45, 7) is 24.8. The largest absolute Gasteiger partial charge is 0.455 e. The molecule has 392 valence electrons. The average Bonchev–Trinajstić information content (AvgIpc) is 3.81. The van der Waals surface area contributed by atoms with Crippen LogP contribution in [0.2, 0.25) is 0 Å². The molecule has 2 heterocycles. The fourth-order valence-corrected chi connectivity index (χ4v) is 13.9. The summed E-state index contributed by atoms with van der Waals surface area (Å²) in [4.78, 5) is 0. The highest BCUT2D eigenvalue weighted by Gasteiger charge is 2.48. The summed E-state index contributed by atoms with van der Waals surface area (Å²) in [6, 6.07) is 76.4. The molecule has 0 unspecified atom stereocenters. The summed E-state index contributed by atoms with van der Waals surface area (Å²) in [5.41, 5.74) is 29.0. The fourth-order valence-electron chi connectivity index (χ4n) is 13.9. The van der Waals surface area contributed by atoms with Crippen LogP contribution in [0.25, 0.3) is 110 Å². The summed E-state index contributed by atoms with van der Waals surface area (Å²) in [5, 5.41) is 7.59. The molecule has 0 fully saturated rings. The first-order valence-corrected chi connectivity index (χ1v) is 28.7. The molecule has 0 amide bonds. The summed E-state index contributed by atoms with van der Waals surface area (Å²) in [6.07, 6.45) is 0. The molecular weight excluding hydrogens is 969 g/mol. The first-order chi connectivity index (χ1) is 38.7. The molecule has 3 aliphatic carbocycles. The van der Waals surface area contributed by atoms with Gasteiger partial charge in [0.1, 0.15) is 22.3 Å². The molecule has 80 heavy (non-hydrogen) atoms. The first-order valence-electron chi connectivity index (χ1n) is 28.7. The number of para-hydroxylation sites is 2.